The van der Waals surface area contributed by atoms with Gasteiger partial charge in [0.15, 0.2) is 5.82 Å². The minimum absolute atomic E-state index is 0.105. The van der Waals surface area contributed by atoms with Crippen molar-refractivity contribution in [3.8, 4) is 11.1 Å². The number of nitrogens with two attached hydrogens (primary N) is 1. The van der Waals surface area contributed by atoms with E-state index in [0.29, 0.717) is 16.5 Å². The molecule has 1 heterocycles. The highest BCUT2D eigenvalue weighted by molar-refractivity contribution is 5.91. The maximum absolute atomic E-state index is 14.4. The lowest BCUT2D eigenvalue weighted by atomic mass is 10.0. The number of nitrogen functional groups attached to an aromatic ring is 1. The van der Waals surface area contributed by atoms with Crippen molar-refractivity contribution in [2.24, 2.45) is 0 Å². The molecule has 0 saturated heterocycles. The summed E-state index contributed by atoms with van der Waals surface area (Å²) in [4.78, 5) is 7.95. The Labute approximate surface area is 119 Å². The van der Waals surface area contributed by atoms with E-state index in [1.165, 1.54) is 18.5 Å². The number of benzene rings is 2. The Kier molecular flexibility index (Phi) is 3.13. The fourth-order valence-electron chi connectivity index (χ4n) is 2.24. The highest BCUT2D eigenvalue weighted by Crippen LogP contribution is 2.32. The van der Waals surface area contributed by atoms with Crippen molar-refractivity contribution < 1.29 is 8.78 Å². The molecule has 21 heavy (non-hydrogen) atoms. The average Bonchev–Trinajstić information content (AvgIpc) is 2.48. The Hall–Kier alpha value is -2.76. The second-order valence-corrected chi connectivity index (χ2v) is 4.52. The molecule has 0 unspecified atom stereocenters. The van der Waals surface area contributed by atoms with Gasteiger partial charge in [-0.1, -0.05) is 6.07 Å². The number of nitrogens with zero attached hydrogens (tertiary/aromatic N) is 2. The number of rotatable bonds is 2. The molecule has 0 amide bonds. The van der Waals surface area contributed by atoms with Crippen LogP contribution in [-0.2, 0) is 0 Å². The monoisotopic (exact) mass is 286 g/mol. The zero-order valence-electron chi connectivity index (χ0n) is 11.2. The van der Waals surface area contributed by atoms with E-state index < -0.39 is 11.6 Å². The largest absolute Gasteiger partial charge is 0.386 e. The molecule has 0 aliphatic heterocycles. The predicted octanol–water partition coefficient (Wildman–Crippen LogP) is 3.20. The van der Waals surface area contributed by atoms with E-state index in [1.807, 2.05) is 0 Å². The molecule has 3 aromatic rings. The van der Waals surface area contributed by atoms with Gasteiger partial charge >= 0.3 is 0 Å². The van der Waals surface area contributed by atoms with Crippen molar-refractivity contribution in [3.63, 3.8) is 0 Å². The lowest BCUT2D eigenvalue weighted by Gasteiger charge is -2.10. The summed E-state index contributed by atoms with van der Waals surface area (Å²) in [5.41, 5.74) is 6.91. The van der Waals surface area contributed by atoms with Gasteiger partial charge in [0.1, 0.15) is 18.0 Å². The highest BCUT2D eigenvalue weighted by Gasteiger charge is 2.16. The molecule has 0 fully saturated rings. The van der Waals surface area contributed by atoms with Gasteiger partial charge in [-0.25, -0.2) is 18.7 Å². The number of aromatic nitrogens is 2. The fourth-order valence-corrected chi connectivity index (χ4v) is 2.24. The molecule has 6 heteroatoms. The van der Waals surface area contributed by atoms with Crippen molar-refractivity contribution in [2.75, 3.05) is 18.1 Å². The Morgan fingerprint density at radius 2 is 1.90 bits per heavy atom. The molecule has 0 aliphatic rings. The van der Waals surface area contributed by atoms with Crippen LogP contribution in [0.1, 0.15) is 0 Å². The summed E-state index contributed by atoms with van der Waals surface area (Å²) in [6, 6.07) is 7.43. The Bertz CT molecular complexity index is 833. The van der Waals surface area contributed by atoms with Crippen LogP contribution in [0.4, 0.5) is 20.3 Å². The molecule has 0 radical (unpaired) electrons. The quantitative estimate of drug-likeness (QED) is 0.759. The number of fused-ring (bicyclic) bond motifs is 1. The van der Waals surface area contributed by atoms with E-state index in [1.54, 1.807) is 25.2 Å². The van der Waals surface area contributed by atoms with Gasteiger partial charge in [0.25, 0.3) is 0 Å². The third-order valence-corrected chi connectivity index (χ3v) is 3.32. The fraction of sp³-hybridized carbons (Fsp3) is 0.0667. The smallest absolute Gasteiger partial charge is 0.157 e. The van der Waals surface area contributed by atoms with E-state index in [0.717, 1.165) is 0 Å². The first-order valence-corrected chi connectivity index (χ1v) is 6.28. The van der Waals surface area contributed by atoms with Gasteiger partial charge in [0.2, 0.25) is 0 Å². The summed E-state index contributed by atoms with van der Waals surface area (Å²) in [6.07, 6.45) is 1.35. The minimum atomic E-state index is -0.646. The first-order valence-electron chi connectivity index (χ1n) is 6.28. The Morgan fingerprint density at radius 3 is 2.67 bits per heavy atom. The van der Waals surface area contributed by atoms with E-state index in [9.17, 15) is 8.78 Å². The van der Waals surface area contributed by atoms with Crippen LogP contribution in [0.2, 0.25) is 0 Å². The summed E-state index contributed by atoms with van der Waals surface area (Å²) >= 11 is 0. The third kappa shape index (κ3) is 2.14. The van der Waals surface area contributed by atoms with E-state index >= 15 is 0 Å². The minimum Gasteiger partial charge on any atom is -0.386 e. The molecule has 2 aromatic carbocycles. The molecule has 0 saturated carbocycles. The average molecular weight is 286 g/mol. The van der Waals surface area contributed by atoms with E-state index in [-0.39, 0.29) is 17.1 Å². The van der Waals surface area contributed by atoms with Crippen molar-refractivity contribution >= 4 is 22.4 Å². The van der Waals surface area contributed by atoms with Crippen molar-refractivity contribution in [2.45, 2.75) is 0 Å². The lowest BCUT2D eigenvalue weighted by Crippen LogP contribution is -1.98. The van der Waals surface area contributed by atoms with Crippen molar-refractivity contribution in [1.29, 1.82) is 0 Å². The van der Waals surface area contributed by atoms with Crippen LogP contribution in [0.5, 0.6) is 0 Å². The number of nitrogens with one attached hydrogen (secondary N) is 1. The van der Waals surface area contributed by atoms with Gasteiger partial charge in [-0.3, -0.25) is 0 Å². The number of anilines is 2. The van der Waals surface area contributed by atoms with E-state index in [4.69, 9.17) is 5.73 Å². The molecule has 0 aliphatic carbocycles. The zero-order valence-corrected chi connectivity index (χ0v) is 11.2. The summed E-state index contributed by atoms with van der Waals surface area (Å²) in [5, 5.41) is 3.25. The maximum Gasteiger partial charge on any atom is 0.157 e. The molecule has 1 aromatic heterocycles. The second kappa shape index (κ2) is 4.97. The van der Waals surface area contributed by atoms with Crippen LogP contribution in [0, 0.1) is 11.6 Å². The van der Waals surface area contributed by atoms with Gasteiger partial charge in [0.05, 0.1) is 16.8 Å². The molecule has 106 valence electrons. The third-order valence-electron chi connectivity index (χ3n) is 3.32. The van der Waals surface area contributed by atoms with Crippen LogP contribution >= 0.6 is 0 Å². The van der Waals surface area contributed by atoms with Gasteiger partial charge in [-0.05, 0) is 29.8 Å². The number of halogens is 2. The van der Waals surface area contributed by atoms with Crippen LogP contribution in [0.25, 0.3) is 22.0 Å². The van der Waals surface area contributed by atoms with Gasteiger partial charge in [0, 0.05) is 12.4 Å². The van der Waals surface area contributed by atoms with Crippen LogP contribution in [0.3, 0.4) is 0 Å². The first kappa shape index (κ1) is 13.2. The van der Waals surface area contributed by atoms with Crippen molar-refractivity contribution in [3.05, 3.63) is 48.3 Å². The number of hydrogen-bond donors (Lipinski definition) is 2. The van der Waals surface area contributed by atoms with Gasteiger partial charge in [-0.15, -0.1) is 0 Å². The first-order chi connectivity index (χ1) is 10.1. The summed E-state index contributed by atoms with van der Waals surface area (Å²) in [7, 11) is 1.58. The Morgan fingerprint density at radius 1 is 1.10 bits per heavy atom. The molecule has 3 rings (SSSR count). The van der Waals surface area contributed by atoms with Crippen LogP contribution in [-0.4, -0.2) is 17.0 Å². The molecule has 0 spiro atoms. The Balaban J connectivity index is 2.28. The SMILES string of the molecule is CNc1ccc(F)c(-c2ccc3ncnc(N)c3c2)c1F. The second-order valence-electron chi connectivity index (χ2n) is 4.52. The topological polar surface area (TPSA) is 63.8 Å². The maximum atomic E-state index is 14.4. The summed E-state index contributed by atoms with van der Waals surface area (Å²) in [5.74, 6) is -1.01. The summed E-state index contributed by atoms with van der Waals surface area (Å²) < 4.78 is 28.4. The lowest BCUT2D eigenvalue weighted by molar-refractivity contribution is 0.592. The molecule has 4 nitrogen and oxygen atoms in total. The molecule has 0 bridgehead atoms. The zero-order chi connectivity index (χ0) is 15.0. The molecular weight excluding hydrogens is 274 g/mol. The standard InChI is InChI=1S/C15H12F2N4/c1-19-12-5-3-10(16)13(14(12)17)8-2-4-11-9(6-8)15(18)21-7-20-11/h2-7,19H,1H3,(H2,18,20,21). The van der Waals surface area contributed by atoms with Crippen LogP contribution in [0.15, 0.2) is 36.7 Å². The van der Waals surface area contributed by atoms with Gasteiger partial charge in [-0.2, -0.15) is 0 Å². The number of hydrogen-bond acceptors (Lipinski definition) is 4. The predicted molar refractivity (Wildman–Crippen MR) is 78.8 cm³/mol. The summed E-state index contributed by atoms with van der Waals surface area (Å²) in [6.45, 7) is 0. The highest BCUT2D eigenvalue weighted by atomic mass is 19.1. The van der Waals surface area contributed by atoms with Gasteiger partial charge < -0.3 is 11.1 Å². The normalized spacial score (nSPS) is 10.8. The molecule has 0 atom stereocenters. The molecule has 3 N–H and O–H groups in total. The van der Waals surface area contributed by atoms with Crippen molar-refractivity contribution in [1.82, 2.24) is 9.97 Å². The van der Waals surface area contributed by atoms with Crippen LogP contribution < -0.4 is 11.1 Å². The molecular formula is C15H12F2N4. The van der Waals surface area contributed by atoms with E-state index in [2.05, 4.69) is 15.3 Å².